The standard InChI is InChI=1S/C36H63O11P/c1-20(2)10-9-14-36(8,46-31-30(41)29(40)28(39)23(19-37)45-31)21-11-16-35(7)27(21)22(38)18-25-33(5)15-13-26(47-48(42,43)44)32(3,4)24(33)12-17-34(25,35)6/h10,21-31,37-41H,9,11-19H2,1-8H3,(H2,42,43,44)/t21?,22-,23-,24?,25?,26+,27?,28-,29+,30-,31+,33+,34-,35-,36+/m1/s1. The van der Waals surface area contributed by atoms with Crippen molar-refractivity contribution in [3.63, 3.8) is 0 Å². The molecule has 12 heteroatoms. The van der Waals surface area contributed by atoms with Gasteiger partial charge in [0.25, 0.3) is 0 Å². The lowest BCUT2D eigenvalue weighted by molar-refractivity contribution is -0.336. The summed E-state index contributed by atoms with van der Waals surface area (Å²) in [4.78, 5) is 19.4. The molecule has 5 fully saturated rings. The van der Waals surface area contributed by atoms with E-state index in [1.165, 1.54) is 5.57 Å². The van der Waals surface area contributed by atoms with Gasteiger partial charge < -0.3 is 44.8 Å². The Balaban J connectivity index is 1.47. The number of fused-ring (bicyclic) bond motifs is 5. The van der Waals surface area contributed by atoms with Gasteiger partial charge in [-0.15, -0.1) is 0 Å². The summed E-state index contributed by atoms with van der Waals surface area (Å²) in [7, 11) is -4.65. The Morgan fingerprint density at radius 1 is 0.917 bits per heavy atom. The number of phosphoric acid groups is 1. The molecule has 7 N–H and O–H groups in total. The molecular formula is C36H63O11P. The van der Waals surface area contributed by atoms with Crippen LogP contribution in [0.25, 0.3) is 0 Å². The number of ether oxygens (including phenoxy) is 2. The molecular weight excluding hydrogens is 639 g/mol. The summed E-state index contributed by atoms with van der Waals surface area (Å²) in [5, 5.41) is 54.1. The Kier molecular flexibility index (Phi) is 10.7. The fourth-order valence-corrected chi connectivity index (χ4v) is 12.9. The summed E-state index contributed by atoms with van der Waals surface area (Å²) in [5.41, 5.74) is -0.672. The second kappa shape index (κ2) is 13.2. The average Bonchev–Trinajstić information content (AvgIpc) is 3.36. The minimum absolute atomic E-state index is 0.0948. The van der Waals surface area contributed by atoms with Crippen molar-refractivity contribution in [3.8, 4) is 0 Å². The van der Waals surface area contributed by atoms with Crippen LogP contribution < -0.4 is 0 Å². The van der Waals surface area contributed by atoms with Crippen LogP contribution in [-0.2, 0) is 18.6 Å². The zero-order valence-electron chi connectivity index (χ0n) is 30.2. The van der Waals surface area contributed by atoms with Gasteiger partial charge in [-0.1, -0.05) is 46.3 Å². The largest absolute Gasteiger partial charge is 0.469 e. The van der Waals surface area contributed by atoms with Gasteiger partial charge in [0.05, 0.1) is 24.4 Å². The van der Waals surface area contributed by atoms with Gasteiger partial charge in [-0.25, -0.2) is 4.57 Å². The molecule has 15 atom stereocenters. The van der Waals surface area contributed by atoms with Crippen molar-refractivity contribution >= 4 is 7.82 Å². The lowest BCUT2D eigenvalue weighted by Crippen LogP contribution is -2.67. The second-order valence-corrected chi connectivity index (χ2v) is 19.0. The lowest BCUT2D eigenvalue weighted by atomic mass is 9.35. The average molecular weight is 703 g/mol. The van der Waals surface area contributed by atoms with Crippen LogP contribution in [0.4, 0.5) is 0 Å². The Bertz CT molecular complexity index is 1250. The molecule has 0 aromatic carbocycles. The van der Waals surface area contributed by atoms with Crippen molar-refractivity contribution < 1.29 is 53.9 Å². The Hall–Kier alpha value is -0.430. The van der Waals surface area contributed by atoms with Gasteiger partial charge in [0.2, 0.25) is 0 Å². The number of hydrogen-bond acceptors (Lipinski definition) is 9. The van der Waals surface area contributed by atoms with Crippen molar-refractivity contribution in [2.45, 2.75) is 162 Å². The van der Waals surface area contributed by atoms with Gasteiger partial charge in [-0.05, 0) is 124 Å². The molecule has 0 aromatic rings. The highest BCUT2D eigenvalue weighted by molar-refractivity contribution is 7.46. The predicted molar refractivity (Wildman–Crippen MR) is 179 cm³/mol. The van der Waals surface area contributed by atoms with E-state index in [1.54, 1.807) is 0 Å². The molecule has 0 spiro atoms. The number of aliphatic hydroxyl groups excluding tert-OH is 5. The predicted octanol–water partition coefficient (Wildman–Crippen LogP) is 4.44. The van der Waals surface area contributed by atoms with E-state index in [9.17, 15) is 39.9 Å². The normalized spacial score (nSPS) is 48.5. The van der Waals surface area contributed by atoms with Crippen molar-refractivity contribution in [2.75, 3.05) is 6.61 Å². The van der Waals surface area contributed by atoms with Crippen LogP contribution in [0.1, 0.15) is 113 Å². The topological polar surface area (TPSA) is 186 Å². The monoisotopic (exact) mass is 702 g/mol. The molecule has 0 radical (unpaired) electrons. The van der Waals surface area contributed by atoms with Gasteiger partial charge in [0, 0.05) is 0 Å². The molecule has 48 heavy (non-hydrogen) atoms. The van der Waals surface area contributed by atoms with E-state index in [-0.39, 0.29) is 39.9 Å². The number of phosphoric ester groups is 1. The highest BCUT2D eigenvalue weighted by Crippen LogP contribution is 2.76. The number of rotatable bonds is 9. The van der Waals surface area contributed by atoms with Gasteiger partial charge in [-0.2, -0.15) is 0 Å². The molecule has 1 heterocycles. The third kappa shape index (κ3) is 6.33. The summed E-state index contributed by atoms with van der Waals surface area (Å²) in [6.07, 6.45) is 0.842. The molecule has 4 unspecified atom stereocenters. The molecule has 5 aliphatic rings. The second-order valence-electron chi connectivity index (χ2n) is 17.9. The van der Waals surface area contributed by atoms with E-state index in [1.807, 2.05) is 20.8 Å². The molecule has 0 amide bonds. The SMILES string of the molecule is CC(C)=CCC[C@](C)(O[C@@H]1O[C@H](CO)[C@@H](O)[C@H](O)[C@H]1O)C1CC[C@]2(C)C1[C@H](O)CC1[C@@]3(C)CC[C@H](OP(=O)(O)O)C(C)(C)C3CC[C@]12C. The maximum Gasteiger partial charge on any atom is 0.469 e. The van der Waals surface area contributed by atoms with Crippen molar-refractivity contribution in [2.24, 2.45) is 45.3 Å². The molecule has 0 aromatic heterocycles. The molecule has 1 saturated heterocycles. The Morgan fingerprint density at radius 2 is 1.56 bits per heavy atom. The first-order valence-corrected chi connectivity index (χ1v) is 19.6. The number of allylic oxidation sites excluding steroid dienone is 2. The summed E-state index contributed by atoms with van der Waals surface area (Å²) < 4.78 is 29.9. The van der Waals surface area contributed by atoms with Crippen LogP contribution >= 0.6 is 7.82 Å². The first kappa shape index (κ1) is 38.8. The summed E-state index contributed by atoms with van der Waals surface area (Å²) in [6.45, 7) is 16.8. The minimum Gasteiger partial charge on any atom is -0.394 e. The molecule has 278 valence electrons. The molecule has 5 rings (SSSR count). The van der Waals surface area contributed by atoms with Crippen LogP contribution in [0.3, 0.4) is 0 Å². The van der Waals surface area contributed by atoms with E-state index >= 15 is 0 Å². The fraction of sp³-hybridized carbons (Fsp3) is 0.944. The summed E-state index contributed by atoms with van der Waals surface area (Å²) in [6, 6.07) is 0. The molecule has 0 bridgehead atoms. The highest BCUT2D eigenvalue weighted by atomic mass is 31.2. The van der Waals surface area contributed by atoms with E-state index in [4.69, 9.17) is 14.0 Å². The van der Waals surface area contributed by atoms with Gasteiger partial charge in [0.1, 0.15) is 24.4 Å². The highest BCUT2D eigenvalue weighted by Gasteiger charge is 2.72. The molecule has 4 aliphatic carbocycles. The Labute approximate surface area is 286 Å². The fourth-order valence-electron chi connectivity index (χ4n) is 12.2. The zero-order valence-corrected chi connectivity index (χ0v) is 31.1. The van der Waals surface area contributed by atoms with Crippen LogP contribution in [0.15, 0.2) is 11.6 Å². The minimum atomic E-state index is -4.65. The lowest BCUT2D eigenvalue weighted by Gasteiger charge is -2.70. The smallest absolute Gasteiger partial charge is 0.394 e. The quantitative estimate of drug-likeness (QED) is 0.133. The molecule has 11 nitrogen and oxygen atoms in total. The van der Waals surface area contributed by atoms with Gasteiger partial charge in [-0.3, -0.25) is 4.52 Å². The summed E-state index contributed by atoms with van der Waals surface area (Å²) >= 11 is 0. The third-order valence-corrected chi connectivity index (χ3v) is 15.3. The number of aliphatic hydroxyl groups is 5. The van der Waals surface area contributed by atoms with E-state index in [0.717, 1.165) is 32.1 Å². The van der Waals surface area contributed by atoms with Gasteiger partial charge in [0.15, 0.2) is 6.29 Å². The number of hydrogen-bond donors (Lipinski definition) is 7. The van der Waals surface area contributed by atoms with Crippen molar-refractivity contribution in [1.29, 1.82) is 0 Å². The first-order valence-electron chi connectivity index (χ1n) is 18.1. The van der Waals surface area contributed by atoms with E-state index in [2.05, 4.69) is 40.7 Å². The van der Waals surface area contributed by atoms with Crippen LogP contribution in [0, 0.1) is 45.3 Å². The zero-order chi connectivity index (χ0) is 35.8. The third-order valence-electron chi connectivity index (χ3n) is 14.8. The van der Waals surface area contributed by atoms with Crippen LogP contribution in [0.5, 0.6) is 0 Å². The van der Waals surface area contributed by atoms with Crippen LogP contribution in [0.2, 0.25) is 0 Å². The van der Waals surface area contributed by atoms with Gasteiger partial charge >= 0.3 is 7.82 Å². The van der Waals surface area contributed by atoms with E-state index in [0.29, 0.717) is 25.7 Å². The Morgan fingerprint density at radius 3 is 2.17 bits per heavy atom. The maximum atomic E-state index is 12.3. The molecule has 1 aliphatic heterocycles. The van der Waals surface area contributed by atoms with Crippen LogP contribution in [-0.4, -0.2) is 90.4 Å². The maximum absolute atomic E-state index is 12.3. The van der Waals surface area contributed by atoms with E-state index < -0.39 is 68.4 Å². The van der Waals surface area contributed by atoms with Crippen molar-refractivity contribution in [1.82, 2.24) is 0 Å². The first-order chi connectivity index (χ1) is 22.1. The molecule has 4 saturated carbocycles. The van der Waals surface area contributed by atoms with Crippen molar-refractivity contribution in [3.05, 3.63) is 11.6 Å². The summed E-state index contributed by atoms with van der Waals surface area (Å²) in [5.74, 6) is 0.157.